The first-order valence-corrected chi connectivity index (χ1v) is 5.36. The van der Waals surface area contributed by atoms with E-state index in [1.165, 1.54) is 19.3 Å². The van der Waals surface area contributed by atoms with Crippen molar-refractivity contribution < 1.29 is 0 Å². The standard InChI is InChI=1S/C10H23N3/c1-5-7-9(6-2)10(3)8-13(4)12-11-10/h9,11-12H,5-8H2,1-4H3. The number of hydrogen-bond acceptors (Lipinski definition) is 3. The summed E-state index contributed by atoms with van der Waals surface area (Å²) in [6.45, 7) is 7.95. The van der Waals surface area contributed by atoms with E-state index in [-0.39, 0.29) is 5.54 Å². The van der Waals surface area contributed by atoms with Gasteiger partial charge in [-0.2, -0.15) is 5.53 Å². The molecular formula is C10H23N3. The summed E-state index contributed by atoms with van der Waals surface area (Å²) in [6, 6.07) is 0. The maximum atomic E-state index is 3.39. The zero-order valence-electron chi connectivity index (χ0n) is 9.35. The molecule has 0 bridgehead atoms. The molecule has 2 unspecified atom stereocenters. The molecule has 1 fully saturated rings. The predicted octanol–water partition coefficient (Wildman–Crippen LogP) is 1.53. The van der Waals surface area contributed by atoms with Gasteiger partial charge in [-0.25, -0.2) is 10.4 Å². The van der Waals surface area contributed by atoms with Gasteiger partial charge >= 0.3 is 0 Å². The topological polar surface area (TPSA) is 27.3 Å². The number of hydrogen-bond donors (Lipinski definition) is 2. The highest BCUT2D eigenvalue weighted by Crippen LogP contribution is 2.27. The summed E-state index contributed by atoms with van der Waals surface area (Å²) in [6.07, 6.45) is 3.85. The van der Waals surface area contributed by atoms with E-state index < -0.39 is 0 Å². The number of hydrazine groups is 2. The van der Waals surface area contributed by atoms with Crippen molar-refractivity contribution >= 4 is 0 Å². The van der Waals surface area contributed by atoms with E-state index in [2.05, 4.69) is 43.8 Å². The summed E-state index contributed by atoms with van der Waals surface area (Å²) in [4.78, 5) is 0. The molecule has 1 saturated heterocycles. The van der Waals surface area contributed by atoms with E-state index in [9.17, 15) is 0 Å². The van der Waals surface area contributed by atoms with Crippen molar-refractivity contribution in [2.75, 3.05) is 13.6 Å². The molecule has 3 nitrogen and oxygen atoms in total. The molecule has 3 heteroatoms. The number of rotatable bonds is 4. The Balaban J connectivity index is 2.55. The van der Waals surface area contributed by atoms with Crippen molar-refractivity contribution in [2.45, 2.75) is 45.6 Å². The Morgan fingerprint density at radius 1 is 1.46 bits per heavy atom. The highest BCUT2D eigenvalue weighted by Gasteiger charge is 2.37. The highest BCUT2D eigenvalue weighted by atomic mass is 15.7. The Labute approximate surface area is 81.8 Å². The van der Waals surface area contributed by atoms with Crippen molar-refractivity contribution in [1.82, 2.24) is 16.0 Å². The molecule has 1 aliphatic heterocycles. The molecule has 1 aliphatic rings. The van der Waals surface area contributed by atoms with Crippen molar-refractivity contribution in [3.63, 3.8) is 0 Å². The van der Waals surface area contributed by atoms with Crippen LogP contribution in [0, 0.1) is 5.92 Å². The van der Waals surface area contributed by atoms with Crippen molar-refractivity contribution in [3.8, 4) is 0 Å². The molecule has 2 N–H and O–H groups in total. The number of nitrogens with one attached hydrogen (secondary N) is 2. The minimum atomic E-state index is 0.250. The molecule has 0 spiro atoms. The lowest BCUT2D eigenvalue weighted by molar-refractivity contribution is 0.239. The van der Waals surface area contributed by atoms with Gasteiger partial charge in [-0.05, 0) is 19.3 Å². The Hall–Kier alpha value is -0.120. The maximum absolute atomic E-state index is 3.39. The first-order valence-electron chi connectivity index (χ1n) is 5.36. The zero-order valence-corrected chi connectivity index (χ0v) is 9.35. The predicted molar refractivity (Wildman–Crippen MR) is 56.0 cm³/mol. The van der Waals surface area contributed by atoms with Gasteiger partial charge in [0.15, 0.2) is 0 Å². The Kier molecular flexibility index (Phi) is 3.71. The second-order valence-electron chi connectivity index (χ2n) is 4.40. The molecule has 0 aromatic heterocycles. The van der Waals surface area contributed by atoms with Crippen LogP contribution in [-0.4, -0.2) is 24.1 Å². The van der Waals surface area contributed by atoms with Gasteiger partial charge in [-0.1, -0.05) is 26.7 Å². The normalized spacial score (nSPS) is 32.3. The monoisotopic (exact) mass is 185 g/mol. The fourth-order valence-electron chi connectivity index (χ4n) is 2.35. The van der Waals surface area contributed by atoms with E-state index in [0.717, 1.165) is 12.5 Å². The lowest BCUT2D eigenvalue weighted by atomic mass is 9.81. The van der Waals surface area contributed by atoms with Crippen LogP contribution >= 0.6 is 0 Å². The molecule has 78 valence electrons. The Bertz CT molecular complexity index is 160. The lowest BCUT2D eigenvalue weighted by Gasteiger charge is -2.32. The van der Waals surface area contributed by atoms with E-state index in [1.807, 2.05) is 0 Å². The van der Waals surface area contributed by atoms with Crippen LogP contribution in [-0.2, 0) is 0 Å². The molecule has 1 heterocycles. The van der Waals surface area contributed by atoms with Crippen LogP contribution in [0.25, 0.3) is 0 Å². The first kappa shape index (κ1) is 11.0. The average molecular weight is 185 g/mol. The van der Waals surface area contributed by atoms with Crippen LogP contribution in [0.15, 0.2) is 0 Å². The summed E-state index contributed by atoms with van der Waals surface area (Å²) in [5.41, 5.74) is 6.81. The van der Waals surface area contributed by atoms with Crippen molar-refractivity contribution in [1.29, 1.82) is 0 Å². The van der Waals surface area contributed by atoms with Gasteiger partial charge in [0, 0.05) is 19.1 Å². The van der Waals surface area contributed by atoms with E-state index in [1.54, 1.807) is 0 Å². The lowest BCUT2D eigenvalue weighted by Crippen LogP contribution is -2.48. The second-order valence-corrected chi connectivity index (χ2v) is 4.40. The van der Waals surface area contributed by atoms with Gasteiger partial charge in [-0.15, -0.1) is 0 Å². The van der Waals surface area contributed by atoms with E-state index >= 15 is 0 Å². The summed E-state index contributed by atoms with van der Waals surface area (Å²) in [5, 5.41) is 2.12. The Morgan fingerprint density at radius 2 is 2.15 bits per heavy atom. The molecular weight excluding hydrogens is 162 g/mol. The molecule has 0 aliphatic carbocycles. The van der Waals surface area contributed by atoms with E-state index in [4.69, 9.17) is 0 Å². The van der Waals surface area contributed by atoms with Gasteiger partial charge < -0.3 is 0 Å². The molecule has 0 amide bonds. The first-order chi connectivity index (χ1) is 6.12. The highest BCUT2D eigenvalue weighted by molar-refractivity contribution is 4.93. The van der Waals surface area contributed by atoms with Gasteiger partial charge in [0.05, 0.1) is 0 Å². The van der Waals surface area contributed by atoms with Gasteiger partial charge in [-0.3, -0.25) is 0 Å². The van der Waals surface area contributed by atoms with E-state index in [0.29, 0.717) is 0 Å². The van der Waals surface area contributed by atoms with Gasteiger partial charge in [0.25, 0.3) is 0 Å². The zero-order chi connectivity index (χ0) is 9.90. The molecule has 2 atom stereocenters. The molecule has 0 radical (unpaired) electrons. The summed E-state index contributed by atoms with van der Waals surface area (Å²) < 4.78 is 0. The molecule has 0 aromatic rings. The number of likely N-dealkylation sites (N-methyl/N-ethyl adjacent to an activating group) is 1. The summed E-state index contributed by atoms with van der Waals surface area (Å²) in [7, 11) is 2.08. The van der Waals surface area contributed by atoms with Crippen molar-refractivity contribution in [3.05, 3.63) is 0 Å². The van der Waals surface area contributed by atoms with Crippen LogP contribution in [0.5, 0.6) is 0 Å². The third-order valence-corrected chi connectivity index (χ3v) is 3.13. The molecule has 0 saturated carbocycles. The second kappa shape index (κ2) is 4.40. The summed E-state index contributed by atoms with van der Waals surface area (Å²) in [5.74, 6) is 0.773. The minimum Gasteiger partial charge on any atom is -0.237 e. The minimum absolute atomic E-state index is 0.250. The third-order valence-electron chi connectivity index (χ3n) is 3.13. The fourth-order valence-corrected chi connectivity index (χ4v) is 2.35. The number of nitrogens with zero attached hydrogens (tertiary/aromatic N) is 1. The van der Waals surface area contributed by atoms with Crippen LogP contribution in [0.2, 0.25) is 0 Å². The van der Waals surface area contributed by atoms with Crippen molar-refractivity contribution in [2.24, 2.45) is 5.92 Å². The SMILES string of the molecule is CCCC(CC)C1(C)CN(C)NN1. The summed E-state index contributed by atoms with van der Waals surface area (Å²) >= 11 is 0. The molecule has 1 rings (SSSR count). The quantitative estimate of drug-likeness (QED) is 0.695. The van der Waals surface area contributed by atoms with Gasteiger partial charge in [0.1, 0.15) is 0 Å². The Morgan fingerprint density at radius 3 is 2.54 bits per heavy atom. The molecule has 0 aromatic carbocycles. The fraction of sp³-hybridized carbons (Fsp3) is 1.00. The van der Waals surface area contributed by atoms with Crippen LogP contribution < -0.4 is 11.0 Å². The average Bonchev–Trinajstić information content (AvgIpc) is 2.43. The molecule has 13 heavy (non-hydrogen) atoms. The largest absolute Gasteiger partial charge is 0.237 e. The van der Waals surface area contributed by atoms with Crippen LogP contribution in [0.3, 0.4) is 0 Å². The van der Waals surface area contributed by atoms with Crippen LogP contribution in [0.1, 0.15) is 40.0 Å². The maximum Gasteiger partial charge on any atom is 0.0478 e. The smallest absolute Gasteiger partial charge is 0.0478 e. The van der Waals surface area contributed by atoms with Gasteiger partial charge in [0.2, 0.25) is 0 Å². The third kappa shape index (κ3) is 2.42. The van der Waals surface area contributed by atoms with Crippen LogP contribution in [0.4, 0.5) is 0 Å².